The van der Waals surface area contributed by atoms with E-state index in [1.165, 1.54) is 31.8 Å². The molecular formula is C40H46FeO4P2Ru-4. The predicted molar refractivity (Wildman–Crippen MR) is 203 cm³/mol. The quantitative estimate of drug-likeness (QED) is 0.0910. The summed E-state index contributed by atoms with van der Waals surface area (Å²) in [6.07, 6.45) is 16.1. The molecule has 4 N–H and O–H groups in total. The molecule has 2 aliphatic carbocycles. The van der Waals surface area contributed by atoms with E-state index in [0.717, 1.165) is 0 Å². The van der Waals surface area contributed by atoms with Crippen molar-refractivity contribution in [2.45, 2.75) is 39.3 Å². The van der Waals surface area contributed by atoms with E-state index in [4.69, 9.17) is 20.4 Å². The summed E-state index contributed by atoms with van der Waals surface area (Å²) in [5, 5.41) is 40.4. The third kappa shape index (κ3) is 15.7. The summed E-state index contributed by atoms with van der Waals surface area (Å²) in [5.41, 5.74) is 0. The van der Waals surface area contributed by atoms with Crippen molar-refractivity contribution in [1.82, 2.24) is 0 Å². The molecule has 0 aliphatic heterocycles. The first-order valence-corrected chi connectivity index (χ1v) is 18.6. The van der Waals surface area contributed by atoms with Gasteiger partial charge in [-0.25, -0.2) is 0 Å². The van der Waals surface area contributed by atoms with Gasteiger partial charge in [0.1, 0.15) is 0 Å². The molecule has 4 aromatic rings. The van der Waals surface area contributed by atoms with Gasteiger partial charge in [0, 0.05) is 36.5 Å². The van der Waals surface area contributed by atoms with E-state index in [2.05, 4.69) is 171 Å². The average molecular weight is 810 g/mol. The Labute approximate surface area is 312 Å². The number of aliphatic hydroxyl groups excluding tert-OH is 2. The molecular weight excluding hydrogens is 763 g/mol. The second kappa shape index (κ2) is 25.8. The van der Waals surface area contributed by atoms with Crippen LogP contribution in [0.15, 0.2) is 146 Å². The van der Waals surface area contributed by atoms with Crippen LogP contribution in [0.4, 0.5) is 0 Å². The van der Waals surface area contributed by atoms with Gasteiger partial charge in [0.25, 0.3) is 0 Å². The molecule has 0 spiro atoms. The van der Waals surface area contributed by atoms with Crippen molar-refractivity contribution in [3.05, 3.63) is 171 Å². The molecule has 0 heterocycles. The zero-order chi connectivity index (χ0) is 33.0. The monoisotopic (exact) mass is 810 g/mol. The van der Waals surface area contributed by atoms with E-state index in [-0.39, 0.29) is 36.5 Å². The molecule has 1 fully saturated rings. The van der Waals surface area contributed by atoms with Crippen molar-refractivity contribution in [1.29, 1.82) is 0 Å². The van der Waals surface area contributed by atoms with Gasteiger partial charge in [-0.05, 0) is 39.4 Å². The van der Waals surface area contributed by atoms with Crippen LogP contribution in [0.25, 0.3) is 0 Å². The Morgan fingerprint density at radius 2 is 0.771 bits per heavy atom. The topological polar surface area (TPSA) is 80.9 Å². The van der Waals surface area contributed by atoms with Gasteiger partial charge in [-0.1, -0.05) is 167 Å². The summed E-state index contributed by atoms with van der Waals surface area (Å²) in [7, 11) is -1.67. The Kier molecular flexibility index (Phi) is 23.7. The minimum Gasteiger partial charge on any atom is -0.694 e. The van der Waals surface area contributed by atoms with Crippen molar-refractivity contribution in [3.8, 4) is 0 Å². The van der Waals surface area contributed by atoms with Crippen molar-refractivity contribution in [2.75, 3.05) is 0 Å². The molecule has 8 heteroatoms. The largest absolute Gasteiger partial charge is 0.694 e. The zero-order valence-electron chi connectivity index (χ0n) is 27.2. The Balaban J connectivity index is 0.000000365. The average Bonchev–Trinajstić information content (AvgIpc) is 3.84. The van der Waals surface area contributed by atoms with Crippen LogP contribution in [0.5, 0.6) is 0 Å². The summed E-state index contributed by atoms with van der Waals surface area (Å²) >= 11 is 0. The second-order valence-corrected chi connectivity index (χ2v) is 15.3. The molecule has 0 atom stereocenters. The number of aliphatic hydroxyl groups is 4. The van der Waals surface area contributed by atoms with Gasteiger partial charge in [-0.3, -0.25) is 0 Å². The standard InChI is InChI=1S/2C17H15P.2C3H8O2.Fe.Ru/c2*1-3-9-15(10-4-1)18(17-13-7-8-14-17)16-11-5-2-6-12-16;2*1-2-3(4)5;;/h2*1-14,18H;2*3-5H,2H2,1H3;;/q;-4;;;;. The van der Waals surface area contributed by atoms with Crippen molar-refractivity contribution < 1.29 is 57.0 Å². The van der Waals surface area contributed by atoms with Crippen molar-refractivity contribution >= 4 is 46.9 Å². The van der Waals surface area contributed by atoms with E-state index in [1.807, 2.05) is 0 Å². The molecule has 0 aromatic heterocycles. The molecule has 2 aliphatic rings. The van der Waals surface area contributed by atoms with Crippen LogP contribution in [0.2, 0.25) is 0 Å². The third-order valence-electron chi connectivity index (χ3n) is 6.88. The summed E-state index contributed by atoms with van der Waals surface area (Å²) in [5.74, 6) is 0. The molecule has 1 saturated carbocycles. The van der Waals surface area contributed by atoms with E-state index in [9.17, 15) is 0 Å². The first-order valence-electron chi connectivity index (χ1n) is 15.6. The normalized spacial score (nSPS) is 12.8. The van der Waals surface area contributed by atoms with Crippen molar-refractivity contribution in [2.24, 2.45) is 0 Å². The second-order valence-electron chi connectivity index (χ2n) is 10.3. The van der Waals surface area contributed by atoms with E-state index in [1.54, 1.807) is 13.8 Å². The first-order chi connectivity index (χ1) is 22.4. The van der Waals surface area contributed by atoms with Gasteiger partial charge in [-0.15, -0.1) is 7.55 Å². The maximum absolute atomic E-state index is 7.92. The maximum atomic E-state index is 7.92. The maximum Gasteiger partial charge on any atom is 0.151 e. The molecule has 0 radical (unpaired) electrons. The fourth-order valence-corrected chi connectivity index (χ4v) is 9.66. The third-order valence-corrected chi connectivity index (χ3v) is 12.3. The molecule has 0 saturated heterocycles. The Morgan fingerprint density at radius 3 is 1.04 bits per heavy atom. The number of allylic oxidation sites excluding steroid dienone is 4. The number of benzene rings is 4. The number of hydrogen-bond donors (Lipinski definition) is 4. The van der Waals surface area contributed by atoms with Gasteiger partial charge in [0.05, 0.1) is 0 Å². The zero-order valence-corrected chi connectivity index (χ0v) is 32.1. The molecule has 4 nitrogen and oxygen atoms in total. The van der Waals surface area contributed by atoms with E-state index in [0.29, 0.717) is 12.8 Å². The van der Waals surface area contributed by atoms with Crippen LogP contribution < -0.4 is 21.2 Å². The number of rotatable bonds is 6. The van der Waals surface area contributed by atoms with E-state index < -0.39 is 27.7 Å². The summed E-state index contributed by atoms with van der Waals surface area (Å²) < 4.78 is 0. The van der Waals surface area contributed by atoms with Crippen LogP contribution >= 0.6 is 15.1 Å². The molecule has 0 unspecified atom stereocenters. The Morgan fingerprint density at radius 1 is 0.500 bits per heavy atom. The predicted octanol–water partition coefficient (Wildman–Crippen LogP) is 5.41. The van der Waals surface area contributed by atoms with Gasteiger partial charge in [-0.2, -0.15) is 0 Å². The molecule has 260 valence electrons. The van der Waals surface area contributed by atoms with Crippen LogP contribution in [0, 0.1) is 25.7 Å². The molecule has 4 aromatic carbocycles. The van der Waals surface area contributed by atoms with E-state index >= 15 is 0 Å². The SMILES string of the molecule is C1=CC(=[PH](c2ccccc2)c2ccccc2)C=C1.CCC(O)O.CCC(O)O.[Fe].[Ru].c1ccc([PH](=C2[CH-][CH-][CH-][CH-]2)c2ccccc2)cc1. The molecule has 0 bridgehead atoms. The number of hydrogen-bond acceptors (Lipinski definition) is 4. The summed E-state index contributed by atoms with van der Waals surface area (Å²) in [4.78, 5) is 0. The minimum atomic E-state index is -1.12. The Bertz CT molecular complexity index is 1430. The summed E-state index contributed by atoms with van der Waals surface area (Å²) in [6, 6.07) is 43.3. The molecule has 0 amide bonds. The van der Waals surface area contributed by atoms with Crippen LogP contribution in [-0.4, -0.2) is 43.6 Å². The van der Waals surface area contributed by atoms with Crippen LogP contribution in [0.3, 0.4) is 0 Å². The molecule has 48 heavy (non-hydrogen) atoms. The smallest absolute Gasteiger partial charge is 0.151 e. The van der Waals surface area contributed by atoms with Crippen LogP contribution in [0.1, 0.15) is 26.7 Å². The van der Waals surface area contributed by atoms with Gasteiger partial charge >= 0.3 is 0 Å². The summed E-state index contributed by atoms with van der Waals surface area (Å²) in [6.45, 7) is 3.40. The Hall–Kier alpha value is -2.06. The van der Waals surface area contributed by atoms with Gasteiger partial charge in [0.2, 0.25) is 0 Å². The fourth-order valence-electron chi connectivity index (χ4n) is 4.50. The first kappa shape index (κ1) is 44.0. The minimum absolute atomic E-state index is 0. The van der Waals surface area contributed by atoms with Crippen molar-refractivity contribution in [3.63, 3.8) is 0 Å². The van der Waals surface area contributed by atoms with Crippen LogP contribution in [-0.2, 0) is 36.5 Å². The molecule has 6 rings (SSSR count). The fraction of sp³-hybridized carbons (Fsp3) is 0.150. The van der Waals surface area contributed by atoms with Gasteiger partial charge in [0.15, 0.2) is 12.6 Å². The van der Waals surface area contributed by atoms with Gasteiger partial charge < -0.3 is 51.4 Å².